The zero-order valence-corrected chi connectivity index (χ0v) is 12.9. The second-order valence-corrected chi connectivity index (χ2v) is 5.35. The molecule has 0 amide bonds. The summed E-state index contributed by atoms with van der Waals surface area (Å²) in [5.74, 6) is 1.55. The first-order valence-electron chi connectivity index (χ1n) is 7.55. The molecule has 0 unspecified atom stereocenters. The molecule has 0 saturated carbocycles. The number of nitrogens with zero attached hydrogens (tertiary/aromatic N) is 2. The molecule has 0 aliphatic rings. The van der Waals surface area contributed by atoms with Crippen molar-refractivity contribution in [1.29, 1.82) is 0 Å². The molecule has 0 bridgehead atoms. The van der Waals surface area contributed by atoms with Crippen LogP contribution in [0.5, 0.6) is 0 Å². The van der Waals surface area contributed by atoms with Gasteiger partial charge in [0.2, 0.25) is 0 Å². The largest absolute Gasteiger partial charge is 0.381 e. The van der Waals surface area contributed by atoms with Gasteiger partial charge in [-0.2, -0.15) is 5.10 Å². The monoisotopic (exact) mass is 292 g/mol. The molecule has 4 nitrogen and oxygen atoms in total. The van der Waals surface area contributed by atoms with Crippen molar-refractivity contribution in [2.24, 2.45) is 0 Å². The molecule has 1 heterocycles. The molecule has 22 heavy (non-hydrogen) atoms. The minimum atomic E-state index is 0.730. The summed E-state index contributed by atoms with van der Waals surface area (Å²) in [5.41, 5.74) is 4.72. The van der Waals surface area contributed by atoms with Gasteiger partial charge < -0.3 is 5.32 Å². The van der Waals surface area contributed by atoms with Crippen molar-refractivity contribution in [3.05, 3.63) is 65.5 Å². The van der Waals surface area contributed by atoms with Gasteiger partial charge >= 0.3 is 0 Å². The predicted molar refractivity (Wildman–Crippen MR) is 89.7 cm³/mol. The first kappa shape index (κ1) is 14.3. The lowest BCUT2D eigenvalue weighted by Gasteiger charge is -2.08. The van der Waals surface area contributed by atoms with Gasteiger partial charge in [0.25, 0.3) is 0 Å². The van der Waals surface area contributed by atoms with Gasteiger partial charge in [0.15, 0.2) is 5.82 Å². The van der Waals surface area contributed by atoms with Gasteiger partial charge in [0.05, 0.1) is 0 Å². The van der Waals surface area contributed by atoms with E-state index >= 15 is 0 Å². The van der Waals surface area contributed by atoms with E-state index in [0.29, 0.717) is 0 Å². The molecule has 3 rings (SSSR count). The fraction of sp³-hybridized carbons (Fsp3) is 0.222. The molecule has 0 atom stereocenters. The fourth-order valence-corrected chi connectivity index (χ4v) is 2.34. The van der Waals surface area contributed by atoms with Crippen molar-refractivity contribution >= 4 is 5.69 Å². The van der Waals surface area contributed by atoms with Crippen LogP contribution in [0.2, 0.25) is 0 Å². The summed E-state index contributed by atoms with van der Waals surface area (Å²) < 4.78 is 0. The van der Waals surface area contributed by atoms with E-state index in [4.69, 9.17) is 0 Å². The van der Waals surface area contributed by atoms with Crippen molar-refractivity contribution in [2.75, 3.05) is 5.32 Å². The van der Waals surface area contributed by atoms with Crippen LogP contribution in [0.25, 0.3) is 11.4 Å². The number of hydrogen-bond acceptors (Lipinski definition) is 3. The lowest BCUT2D eigenvalue weighted by atomic mass is 10.1. The fourth-order valence-electron chi connectivity index (χ4n) is 2.34. The maximum Gasteiger partial charge on any atom is 0.181 e. The Kier molecular flexibility index (Phi) is 4.19. The average molecular weight is 292 g/mol. The van der Waals surface area contributed by atoms with Crippen LogP contribution >= 0.6 is 0 Å². The molecule has 4 heteroatoms. The van der Waals surface area contributed by atoms with Crippen molar-refractivity contribution in [3.8, 4) is 11.4 Å². The van der Waals surface area contributed by atoms with E-state index in [9.17, 15) is 0 Å². The molecular weight excluding hydrogens is 272 g/mol. The summed E-state index contributed by atoms with van der Waals surface area (Å²) in [6.45, 7) is 4.88. The van der Waals surface area contributed by atoms with Gasteiger partial charge in [0, 0.05) is 17.8 Å². The van der Waals surface area contributed by atoms with E-state index in [1.165, 1.54) is 11.1 Å². The number of benzene rings is 2. The third-order valence-corrected chi connectivity index (χ3v) is 3.65. The van der Waals surface area contributed by atoms with Gasteiger partial charge in [0.1, 0.15) is 5.82 Å². The van der Waals surface area contributed by atoms with E-state index in [-0.39, 0.29) is 0 Å². The first-order chi connectivity index (χ1) is 10.7. The summed E-state index contributed by atoms with van der Waals surface area (Å²) in [5, 5.41) is 10.5. The van der Waals surface area contributed by atoms with Gasteiger partial charge in [-0.15, -0.1) is 0 Å². The molecule has 1 aromatic heterocycles. The Morgan fingerprint density at radius 3 is 2.50 bits per heavy atom. The van der Waals surface area contributed by atoms with Gasteiger partial charge in [-0.05, 0) is 36.6 Å². The molecule has 3 aromatic rings. The van der Waals surface area contributed by atoms with E-state index < -0.39 is 0 Å². The number of aryl methyl sites for hydroxylation is 2. The summed E-state index contributed by atoms with van der Waals surface area (Å²) >= 11 is 0. The minimum absolute atomic E-state index is 0.730. The molecule has 0 fully saturated rings. The highest BCUT2D eigenvalue weighted by Crippen LogP contribution is 2.19. The number of hydrogen-bond donors (Lipinski definition) is 2. The molecule has 112 valence electrons. The molecule has 2 aromatic carbocycles. The van der Waals surface area contributed by atoms with Gasteiger partial charge in [-0.25, -0.2) is 4.98 Å². The Bertz CT molecular complexity index is 744. The van der Waals surface area contributed by atoms with E-state index in [1.807, 2.05) is 19.1 Å². The van der Waals surface area contributed by atoms with E-state index in [0.717, 1.165) is 35.9 Å². The third kappa shape index (κ3) is 3.34. The second-order valence-electron chi connectivity index (χ2n) is 5.35. The van der Waals surface area contributed by atoms with E-state index in [2.05, 4.69) is 63.8 Å². The normalized spacial score (nSPS) is 10.6. The van der Waals surface area contributed by atoms with Gasteiger partial charge in [-0.1, -0.05) is 43.3 Å². The van der Waals surface area contributed by atoms with Crippen molar-refractivity contribution in [1.82, 2.24) is 15.2 Å². The highest BCUT2D eigenvalue weighted by molar-refractivity contribution is 5.62. The topological polar surface area (TPSA) is 53.6 Å². The smallest absolute Gasteiger partial charge is 0.181 e. The summed E-state index contributed by atoms with van der Waals surface area (Å²) in [6.07, 6.45) is 1.08. The van der Waals surface area contributed by atoms with Crippen LogP contribution in [-0.4, -0.2) is 15.2 Å². The summed E-state index contributed by atoms with van der Waals surface area (Å²) in [6, 6.07) is 16.9. The van der Waals surface area contributed by atoms with Crippen LogP contribution < -0.4 is 5.32 Å². The Labute approximate surface area is 130 Å². The molecule has 0 aliphatic carbocycles. The van der Waals surface area contributed by atoms with Crippen LogP contribution in [0.4, 0.5) is 5.69 Å². The number of rotatable bonds is 5. The maximum atomic E-state index is 4.36. The first-order valence-corrected chi connectivity index (χ1v) is 7.55. The minimum Gasteiger partial charge on any atom is -0.381 e. The predicted octanol–water partition coefficient (Wildman–Crippen LogP) is 3.95. The number of aromatic nitrogens is 3. The molecule has 2 N–H and O–H groups in total. The van der Waals surface area contributed by atoms with Crippen molar-refractivity contribution in [2.45, 2.75) is 26.8 Å². The lowest BCUT2D eigenvalue weighted by Crippen LogP contribution is -1.99. The molecule has 0 aliphatic heterocycles. The molecule has 0 radical (unpaired) electrons. The quantitative estimate of drug-likeness (QED) is 0.748. The van der Waals surface area contributed by atoms with Crippen LogP contribution in [-0.2, 0) is 13.0 Å². The highest BCUT2D eigenvalue weighted by atomic mass is 15.2. The number of anilines is 1. The highest BCUT2D eigenvalue weighted by Gasteiger charge is 2.04. The SMILES string of the molecule is CCc1ccc(CNc2cccc(-c3n[nH]c(C)n3)c2)cc1. The standard InChI is InChI=1S/C18H20N4/c1-3-14-7-9-15(10-8-14)12-19-17-6-4-5-16(11-17)18-20-13(2)21-22-18/h4-11,19H,3,12H2,1-2H3,(H,20,21,22). The van der Waals surface area contributed by atoms with Gasteiger partial charge in [-0.3, -0.25) is 5.10 Å². The molecular formula is C18H20N4. The van der Waals surface area contributed by atoms with Crippen LogP contribution in [0, 0.1) is 6.92 Å². The van der Waals surface area contributed by atoms with E-state index in [1.54, 1.807) is 0 Å². The number of aromatic amines is 1. The summed E-state index contributed by atoms with van der Waals surface area (Å²) in [4.78, 5) is 4.36. The van der Waals surface area contributed by atoms with Crippen LogP contribution in [0.15, 0.2) is 48.5 Å². The number of nitrogens with one attached hydrogen (secondary N) is 2. The van der Waals surface area contributed by atoms with Crippen molar-refractivity contribution < 1.29 is 0 Å². The second kappa shape index (κ2) is 6.43. The summed E-state index contributed by atoms with van der Waals surface area (Å²) in [7, 11) is 0. The lowest BCUT2D eigenvalue weighted by molar-refractivity contribution is 1.04. The van der Waals surface area contributed by atoms with Crippen molar-refractivity contribution in [3.63, 3.8) is 0 Å². The molecule has 0 saturated heterocycles. The maximum absolute atomic E-state index is 4.36. The zero-order valence-electron chi connectivity index (χ0n) is 12.9. The Balaban J connectivity index is 1.70. The zero-order chi connectivity index (χ0) is 15.4. The molecule has 0 spiro atoms. The number of H-pyrrole nitrogens is 1. The average Bonchev–Trinajstić information content (AvgIpc) is 3.00. The Morgan fingerprint density at radius 2 is 1.82 bits per heavy atom. The van der Waals surface area contributed by atoms with Crippen LogP contribution in [0.3, 0.4) is 0 Å². The Morgan fingerprint density at radius 1 is 1.05 bits per heavy atom. The van der Waals surface area contributed by atoms with Crippen LogP contribution in [0.1, 0.15) is 23.9 Å². The Hall–Kier alpha value is -2.62. The third-order valence-electron chi connectivity index (χ3n) is 3.65.